The van der Waals surface area contributed by atoms with Gasteiger partial charge < -0.3 is 10.5 Å². The van der Waals surface area contributed by atoms with E-state index in [9.17, 15) is 9.18 Å². The Balaban J connectivity index is 1.85. The second kappa shape index (κ2) is 6.53. The fourth-order valence-corrected chi connectivity index (χ4v) is 3.54. The SMILES string of the molecule is NC(=O)c1ccccc1Oc1ncnc2scc(-c3ccc(F)cc3)c12. The zero-order chi connectivity index (χ0) is 18.1. The lowest BCUT2D eigenvalue weighted by molar-refractivity contribution is 0.0998. The molecular formula is C19H12FN3O2S. The molecule has 128 valence electrons. The van der Waals surface area contributed by atoms with Crippen molar-refractivity contribution >= 4 is 27.5 Å². The third-order valence-electron chi connectivity index (χ3n) is 3.85. The molecule has 4 aromatic rings. The van der Waals surface area contributed by atoms with E-state index in [2.05, 4.69) is 9.97 Å². The molecule has 0 aliphatic heterocycles. The van der Waals surface area contributed by atoms with Crippen LogP contribution in [0.5, 0.6) is 11.6 Å². The number of hydrogen-bond donors (Lipinski definition) is 1. The Hall–Kier alpha value is -3.32. The minimum atomic E-state index is -0.588. The molecule has 26 heavy (non-hydrogen) atoms. The van der Waals surface area contributed by atoms with Crippen molar-refractivity contribution in [2.75, 3.05) is 0 Å². The van der Waals surface area contributed by atoms with Crippen molar-refractivity contribution in [3.05, 3.63) is 71.6 Å². The third kappa shape index (κ3) is 2.89. The van der Waals surface area contributed by atoms with Gasteiger partial charge in [-0.05, 0) is 29.8 Å². The van der Waals surface area contributed by atoms with Gasteiger partial charge in [-0.15, -0.1) is 11.3 Å². The second-order valence-electron chi connectivity index (χ2n) is 5.48. The van der Waals surface area contributed by atoms with Crippen LogP contribution in [0.2, 0.25) is 0 Å². The highest BCUT2D eigenvalue weighted by molar-refractivity contribution is 7.17. The number of hydrogen-bond acceptors (Lipinski definition) is 5. The number of fused-ring (bicyclic) bond motifs is 1. The van der Waals surface area contributed by atoms with Gasteiger partial charge in [-0.1, -0.05) is 24.3 Å². The molecule has 4 rings (SSSR count). The zero-order valence-electron chi connectivity index (χ0n) is 13.3. The average molecular weight is 365 g/mol. The van der Waals surface area contributed by atoms with Crippen LogP contribution in [0, 0.1) is 5.82 Å². The molecule has 2 aromatic carbocycles. The summed E-state index contributed by atoms with van der Waals surface area (Å²) in [4.78, 5) is 20.8. The number of halogens is 1. The van der Waals surface area contributed by atoms with Crippen LogP contribution in [-0.2, 0) is 0 Å². The van der Waals surface area contributed by atoms with E-state index in [4.69, 9.17) is 10.5 Å². The number of nitrogens with two attached hydrogens (primary N) is 1. The van der Waals surface area contributed by atoms with Gasteiger partial charge in [0.2, 0.25) is 5.88 Å². The lowest BCUT2D eigenvalue weighted by Crippen LogP contribution is -2.12. The normalized spacial score (nSPS) is 10.8. The molecule has 0 saturated heterocycles. The Morgan fingerprint density at radius 3 is 2.62 bits per heavy atom. The number of thiophene rings is 1. The molecule has 5 nitrogen and oxygen atoms in total. The molecule has 0 spiro atoms. The third-order valence-corrected chi connectivity index (χ3v) is 4.74. The van der Waals surface area contributed by atoms with Gasteiger partial charge in [0, 0.05) is 10.9 Å². The van der Waals surface area contributed by atoms with Crippen LogP contribution >= 0.6 is 11.3 Å². The van der Waals surface area contributed by atoms with E-state index in [1.807, 2.05) is 5.38 Å². The number of primary amides is 1. The largest absolute Gasteiger partial charge is 0.437 e. The van der Waals surface area contributed by atoms with Crippen molar-refractivity contribution in [3.63, 3.8) is 0 Å². The Kier molecular flexibility index (Phi) is 4.06. The predicted molar refractivity (Wildman–Crippen MR) is 97.8 cm³/mol. The highest BCUT2D eigenvalue weighted by atomic mass is 32.1. The molecule has 0 radical (unpaired) electrons. The van der Waals surface area contributed by atoms with Gasteiger partial charge in [0.1, 0.15) is 22.7 Å². The average Bonchev–Trinajstić information content (AvgIpc) is 3.08. The Morgan fingerprint density at radius 1 is 1.08 bits per heavy atom. The van der Waals surface area contributed by atoms with Gasteiger partial charge in [-0.25, -0.2) is 14.4 Å². The topological polar surface area (TPSA) is 78.1 Å². The smallest absolute Gasteiger partial charge is 0.252 e. The van der Waals surface area contributed by atoms with E-state index < -0.39 is 5.91 Å². The van der Waals surface area contributed by atoms with Crippen molar-refractivity contribution < 1.29 is 13.9 Å². The molecule has 0 fully saturated rings. The van der Waals surface area contributed by atoms with Crippen molar-refractivity contribution in [2.45, 2.75) is 0 Å². The van der Waals surface area contributed by atoms with Crippen molar-refractivity contribution in [1.82, 2.24) is 9.97 Å². The summed E-state index contributed by atoms with van der Waals surface area (Å²) in [5, 5.41) is 2.61. The molecule has 0 saturated carbocycles. The van der Waals surface area contributed by atoms with Crippen LogP contribution in [0.1, 0.15) is 10.4 Å². The fraction of sp³-hybridized carbons (Fsp3) is 0. The number of para-hydroxylation sites is 1. The minimum Gasteiger partial charge on any atom is -0.437 e. The molecule has 0 aliphatic carbocycles. The minimum absolute atomic E-state index is 0.262. The molecule has 0 unspecified atom stereocenters. The first kappa shape index (κ1) is 16.2. The summed E-state index contributed by atoms with van der Waals surface area (Å²) in [5.74, 6) is -0.271. The van der Waals surface area contributed by atoms with Crippen molar-refractivity contribution in [1.29, 1.82) is 0 Å². The Labute approximate surface area is 151 Å². The van der Waals surface area contributed by atoms with Crippen LogP contribution < -0.4 is 10.5 Å². The molecule has 0 aliphatic rings. The molecule has 2 N–H and O–H groups in total. The van der Waals surface area contributed by atoms with Gasteiger partial charge in [0.25, 0.3) is 5.91 Å². The molecule has 1 amide bonds. The van der Waals surface area contributed by atoms with E-state index >= 15 is 0 Å². The summed E-state index contributed by atoms with van der Waals surface area (Å²) < 4.78 is 19.1. The summed E-state index contributed by atoms with van der Waals surface area (Å²) in [6, 6.07) is 12.8. The number of aromatic nitrogens is 2. The Bertz CT molecular complexity index is 1110. The van der Waals surface area contributed by atoms with Crippen LogP contribution in [0.3, 0.4) is 0 Å². The summed E-state index contributed by atoms with van der Waals surface area (Å²) in [5.41, 5.74) is 7.32. The lowest BCUT2D eigenvalue weighted by Gasteiger charge is -2.10. The monoisotopic (exact) mass is 365 g/mol. The van der Waals surface area contributed by atoms with E-state index in [0.29, 0.717) is 17.0 Å². The molecule has 2 heterocycles. The standard InChI is InChI=1S/C19H12FN3O2S/c20-12-7-5-11(6-8-12)14-9-26-19-16(14)18(22-10-23-19)25-15-4-2-1-3-13(15)17(21)24/h1-10H,(H2,21,24). The number of carbonyl (C=O) groups excluding carboxylic acids is 1. The van der Waals surface area contributed by atoms with Crippen LogP contribution in [-0.4, -0.2) is 15.9 Å². The number of carbonyl (C=O) groups is 1. The van der Waals surface area contributed by atoms with Crippen LogP contribution in [0.15, 0.2) is 60.2 Å². The van der Waals surface area contributed by atoms with Crippen LogP contribution in [0.25, 0.3) is 21.3 Å². The number of benzene rings is 2. The van der Waals surface area contributed by atoms with Crippen LogP contribution in [0.4, 0.5) is 4.39 Å². The van der Waals surface area contributed by atoms with E-state index in [1.54, 1.807) is 36.4 Å². The number of amides is 1. The first-order chi connectivity index (χ1) is 12.6. The maximum absolute atomic E-state index is 13.2. The number of ether oxygens (including phenoxy) is 1. The highest BCUT2D eigenvalue weighted by Crippen LogP contribution is 2.39. The second-order valence-corrected chi connectivity index (χ2v) is 6.34. The van der Waals surface area contributed by atoms with Crippen molar-refractivity contribution in [3.8, 4) is 22.8 Å². The highest BCUT2D eigenvalue weighted by Gasteiger charge is 2.17. The van der Waals surface area contributed by atoms with Gasteiger partial charge in [-0.2, -0.15) is 0 Å². The summed E-state index contributed by atoms with van der Waals surface area (Å²) in [6.45, 7) is 0. The van der Waals surface area contributed by atoms with Gasteiger partial charge in [-0.3, -0.25) is 4.79 Å². The molecule has 7 heteroatoms. The van der Waals surface area contributed by atoms with Gasteiger partial charge in [0.15, 0.2) is 0 Å². The van der Waals surface area contributed by atoms with E-state index in [1.165, 1.54) is 29.8 Å². The quantitative estimate of drug-likeness (QED) is 0.582. The first-order valence-corrected chi connectivity index (χ1v) is 8.56. The zero-order valence-corrected chi connectivity index (χ0v) is 14.2. The maximum Gasteiger partial charge on any atom is 0.252 e. The van der Waals surface area contributed by atoms with Gasteiger partial charge >= 0.3 is 0 Å². The van der Waals surface area contributed by atoms with E-state index in [0.717, 1.165) is 16.0 Å². The predicted octanol–water partition coefficient (Wildman–Crippen LogP) is 4.39. The maximum atomic E-state index is 13.2. The number of nitrogens with zero attached hydrogens (tertiary/aromatic N) is 2. The summed E-state index contributed by atoms with van der Waals surface area (Å²) in [7, 11) is 0. The number of rotatable bonds is 4. The van der Waals surface area contributed by atoms with E-state index in [-0.39, 0.29) is 11.4 Å². The summed E-state index contributed by atoms with van der Waals surface area (Å²) >= 11 is 1.43. The van der Waals surface area contributed by atoms with Crippen molar-refractivity contribution in [2.24, 2.45) is 5.73 Å². The lowest BCUT2D eigenvalue weighted by atomic mass is 10.1. The molecule has 0 atom stereocenters. The van der Waals surface area contributed by atoms with Gasteiger partial charge in [0.05, 0.1) is 10.9 Å². The fourth-order valence-electron chi connectivity index (χ4n) is 2.63. The molecule has 0 bridgehead atoms. The first-order valence-electron chi connectivity index (χ1n) is 7.68. The molecular weight excluding hydrogens is 353 g/mol. The Morgan fingerprint density at radius 2 is 1.85 bits per heavy atom. The summed E-state index contributed by atoms with van der Waals surface area (Å²) in [6.07, 6.45) is 1.40. The molecule has 2 aromatic heterocycles.